The monoisotopic (exact) mass is 348 g/mol. The zero-order chi connectivity index (χ0) is 18.3. The van der Waals surface area contributed by atoms with E-state index in [0.29, 0.717) is 25.7 Å². The lowest BCUT2D eigenvalue weighted by Crippen LogP contribution is -2.35. The maximum absolute atomic E-state index is 11.6. The van der Waals surface area contributed by atoms with Gasteiger partial charge in [0.1, 0.15) is 13.2 Å². The SMILES string of the molecule is CC(CO)(COC(=O)CCCCCO)COC(=O)CCCCCO. The second kappa shape index (κ2) is 14.2. The van der Waals surface area contributed by atoms with Crippen LogP contribution in [0.1, 0.15) is 58.3 Å². The van der Waals surface area contributed by atoms with Gasteiger partial charge < -0.3 is 24.8 Å². The van der Waals surface area contributed by atoms with Gasteiger partial charge in [-0.25, -0.2) is 0 Å². The van der Waals surface area contributed by atoms with Crippen LogP contribution in [0.2, 0.25) is 0 Å². The van der Waals surface area contributed by atoms with Crippen molar-refractivity contribution in [1.29, 1.82) is 0 Å². The fourth-order valence-electron chi connectivity index (χ4n) is 1.90. The molecule has 0 atom stereocenters. The number of aliphatic hydroxyl groups is 3. The van der Waals surface area contributed by atoms with Crippen molar-refractivity contribution in [3.05, 3.63) is 0 Å². The van der Waals surface area contributed by atoms with Crippen LogP contribution < -0.4 is 0 Å². The summed E-state index contributed by atoms with van der Waals surface area (Å²) in [5, 5.41) is 26.8. The predicted molar refractivity (Wildman–Crippen MR) is 88.2 cm³/mol. The van der Waals surface area contributed by atoms with Gasteiger partial charge in [0.2, 0.25) is 0 Å². The van der Waals surface area contributed by atoms with Crippen LogP contribution in [-0.2, 0) is 19.1 Å². The van der Waals surface area contributed by atoms with Crippen molar-refractivity contribution in [3.63, 3.8) is 0 Å². The molecule has 7 heteroatoms. The van der Waals surface area contributed by atoms with Crippen molar-refractivity contribution in [3.8, 4) is 0 Å². The van der Waals surface area contributed by atoms with Crippen LogP contribution in [0.15, 0.2) is 0 Å². The molecule has 142 valence electrons. The maximum atomic E-state index is 11.6. The highest BCUT2D eigenvalue weighted by Crippen LogP contribution is 2.18. The molecule has 0 aromatic heterocycles. The van der Waals surface area contributed by atoms with E-state index in [-0.39, 0.29) is 57.8 Å². The molecule has 0 fully saturated rings. The molecule has 7 nitrogen and oxygen atoms in total. The minimum atomic E-state index is -0.818. The minimum absolute atomic E-state index is 0.0138. The Bertz CT molecular complexity index is 316. The largest absolute Gasteiger partial charge is 0.465 e. The first kappa shape index (κ1) is 22.8. The standard InChI is InChI=1S/C17H32O7/c1-17(12-20,13-23-15(21)8-4-2-6-10-18)14-24-16(22)9-5-3-7-11-19/h18-20H,2-14H2,1H3. The predicted octanol–water partition coefficient (Wildman–Crippen LogP) is 1.18. The Morgan fingerprint density at radius 1 is 0.750 bits per heavy atom. The van der Waals surface area contributed by atoms with Crippen LogP contribution in [0.25, 0.3) is 0 Å². The molecule has 0 aliphatic rings. The quantitative estimate of drug-likeness (QED) is 0.301. The molecule has 0 aromatic rings. The molecule has 0 amide bonds. The fraction of sp³-hybridized carbons (Fsp3) is 0.882. The average Bonchev–Trinajstić information content (AvgIpc) is 2.59. The molecule has 3 N–H and O–H groups in total. The fourth-order valence-corrected chi connectivity index (χ4v) is 1.90. The van der Waals surface area contributed by atoms with Crippen LogP contribution in [0.5, 0.6) is 0 Å². The molecular formula is C17H32O7. The van der Waals surface area contributed by atoms with Crippen LogP contribution in [0, 0.1) is 5.41 Å². The highest BCUT2D eigenvalue weighted by Gasteiger charge is 2.27. The molecule has 24 heavy (non-hydrogen) atoms. The first-order chi connectivity index (χ1) is 11.5. The molecule has 0 unspecified atom stereocenters. The number of esters is 2. The lowest BCUT2D eigenvalue weighted by atomic mass is 9.94. The number of rotatable bonds is 15. The Morgan fingerprint density at radius 3 is 1.50 bits per heavy atom. The van der Waals surface area contributed by atoms with Crippen LogP contribution >= 0.6 is 0 Å². The smallest absolute Gasteiger partial charge is 0.305 e. The van der Waals surface area contributed by atoms with Gasteiger partial charge >= 0.3 is 11.9 Å². The Morgan fingerprint density at radius 2 is 1.17 bits per heavy atom. The van der Waals surface area contributed by atoms with Crippen molar-refractivity contribution in [1.82, 2.24) is 0 Å². The molecule has 0 rings (SSSR count). The number of carbonyl (C=O) groups excluding carboxylic acids is 2. The Kier molecular flexibility index (Phi) is 13.5. The van der Waals surface area contributed by atoms with Crippen molar-refractivity contribution < 1.29 is 34.4 Å². The summed E-state index contributed by atoms with van der Waals surface area (Å²) < 4.78 is 10.3. The molecular weight excluding hydrogens is 316 g/mol. The van der Waals surface area contributed by atoms with Gasteiger partial charge in [0.05, 0.1) is 12.0 Å². The van der Waals surface area contributed by atoms with E-state index in [0.717, 1.165) is 12.8 Å². The van der Waals surface area contributed by atoms with Gasteiger partial charge in [-0.15, -0.1) is 0 Å². The second-order valence-corrected chi connectivity index (χ2v) is 6.36. The third-order valence-corrected chi connectivity index (χ3v) is 3.62. The number of unbranched alkanes of at least 4 members (excludes halogenated alkanes) is 4. The molecule has 0 aliphatic heterocycles. The summed E-state index contributed by atoms with van der Waals surface area (Å²) >= 11 is 0. The summed E-state index contributed by atoms with van der Waals surface area (Å²) in [7, 11) is 0. The van der Waals surface area contributed by atoms with E-state index in [1.165, 1.54) is 0 Å². The van der Waals surface area contributed by atoms with Gasteiger partial charge in [0.15, 0.2) is 0 Å². The summed E-state index contributed by atoms with van der Waals surface area (Å²) in [6, 6.07) is 0. The Balaban J connectivity index is 3.97. The number of hydrogen-bond donors (Lipinski definition) is 3. The van der Waals surface area contributed by atoms with Gasteiger partial charge in [-0.1, -0.05) is 19.8 Å². The lowest BCUT2D eigenvalue weighted by Gasteiger charge is -2.26. The van der Waals surface area contributed by atoms with Crippen LogP contribution in [-0.4, -0.2) is 60.3 Å². The van der Waals surface area contributed by atoms with Crippen LogP contribution in [0.4, 0.5) is 0 Å². The second-order valence-electron chi connectivity index (χ2n) is 6.36. The first-order valence-corrected chi connectivity index (χ1v) is 8.61. The van der Waals surface area contributed by atoms with Gasteiger partial charge in [-0.3, -0.25) is 9.59 Å². The summed E-state index contributed by atoms with van der Waals surface area (Å²) in [4.78, 5) is 23.2. The topological polar surface area (TPSA) is 113 Å². The van der Waals surface area contributed by atoms with Gasteiger partial charge in [0, 0.05) is 26.1 Å². The summed E-state index contributed by atoms with van der Waals surface area (Å²) in [5.74, 6) is -0.717. The molecule has 0 aromatic carbocycles. The molecule has 0 heterocycles. The zero-order valence-corrected chi connectivity index (χ0v) is 14.7. The third-order valence-electron chi connectivity index (χ3n) is 3.62. The molecule has 0 aliphatic carbocycles. The van der Waals surface area contributed by atoms with E-state index in [2.05, 4.69) is 0 Å². The number of carbonyl (C=O) groups is 2. The first-order valence-electron chi connectivity index (χ1n) is 8.61. The Hall–Kier alpha value is -1.18. The normalized spacial score (nSPS) is 11.3. The third kappa shape index (κ3) is 12.3. The average molecular weight is 348 g/mol. The summed E-state index contributed by atoms with van der Waals surface area (Å²) in [6.07, 6.45) is 4.69. The van der Waals surface area contributed by atoms with E-state index >= 15 is 0 Å². The van der Waals surface area contributed by atoms with E-state index in [4.69, 9.17) is 19.7 Å². The highest BCUT2D eigenvalue weighted by molar-refractivity contribution is 5.69. The Labute approximate surface area is 144 Å². The number of aliphatic hydroxyl groups excluding tert-OH is 3. The molecule has 0 saturated carbocycles. The zero-order valence-electron chi connectivity index (χ0n) is 14.7. The number of ether oxygens (including phenoxy) is 2. The maximum Gasteiger partial charge on any atom is 0.305 e. The molecule has 0 radical (unpaired) electrons. The van der Waals surface area contributed by atoms with Gasteiger partial charge in [-0.2, -0.15) is 0 Å². The number of hydrogen-bond acceptors (Lipinski definition) is 7. The van der Waals surface area contributed by atoms with Crippen molar-refractivity contribution in [2.24, 2.45) is 5.41 Å². The van der Waals surface area contributed by atoms with Crippen molar-refractivity contribution >= 4 is 11.9 Å². The van der Waals surface area contributed by atoms with E-state index in [1.54, 1.807) is 6.92 Å². The highest BCUT2D eigenvalue weighted by atomic mass is 16.5. The van der Waals surface area contributed by atoms with Crippen molar-refractivity contribution in [2.75, 3.05) is 33.0 Å². The summed E-state index contributed by atoms with van der Waals surface area (Å²) in [6.45, 7) is 1.62. The lowest BCUT2D eigenvalue weighted by molar-refractivity contribution is -0.155. The molecule has 0 saturated heterocycles. The molecule has 0 bridgehead atoms. The van der Waals surface area contributed by atoms with E-state index in [9.17, 15) is 14.7 Å². The molecule has 0 spiro atoms. The minimum Gasteiger partial charge on any atom is -0.465 e. The van der Waals surface area contributed by atoms with E-state index < -0.39 is 5.41 Å². The van der Waals surface area contributed by atoms with Gasteiger partial charge in [-0.05, 0) is 25.7 Å². The van der Waals surface area contributed by atoms with Gasteiger partial charge in [0.25, 0.3) is 0 Å². The van der Waals surface area contributed by atoms with Crippen LogP contribution in [0.3, 0.4) is 0 Å². The summed E-state index contributed by atoms with van der Waals surface area (Å²) in [5.41, 5.74) is -0.818. The van der Waals surface area contributed by atoms with Crippen molar-refractivity contribution in [2.45, 2.75) is 58.3 Å². The van der Waals surface area contributed by atoms with E-state index in [1.807, 2.05) is 0 Å².